The van der Waals surface area contributed by atoms with Gasteiger partial charge in [-0.3, -0.25) is 9.78 Å². The topological polar surface area (TPSA) is 59.2 Å². The second-order valence-corrected chi connectivity index (χ2v) is 4.28. The van der Waals surface area contributed by atoms with Crippen LogP contribution in [-0.2, 0) is 4.79 Å². The van der Waals surface area contributed by atoms with Gasteiger partial charge in [-0.25, -0.2) is 0 Å². The molecule has 0 spiro atoms. The molecule has 1 amide bonds. The van der Waals surface area contributed by atoms with Crippen molar-refractivity contribution in [1.82, 2.24) is 9.88 Å². The monoisotopic (exact) mass is 219 g/mol. The molecule has 1 saturated heterocycles. The van der Waals surface area contributed by atoms with Gasteiger partial charge in [0.2, 0.25) is 5.91 Å². The van der Waals surface area contributed by atoms with Crippen LogP contribution in [0.15, 0.2) is 24.4 Å². The zero-order valence-electron chi connectivity index (χ0n) is 9.47. The van der Waals surface area contributed by atoms with E-state index in [1.807, 2.05) is 30.0 Å². The van der Waals surface area contributed by atoms with Crippen LogP contribution < -0.4 is 5.73 Å². The molecule has 0 aromatic carbocycles. The zero-order valence-corrected chi connectivity index (χ0v) is 9.47. The third-order valence-corrected chi connectivity index (χ3v) is 3.16. The van der Waals surface area contributed by atoms with E-state index in [1.54, 1.807) is 6.20 Å². The van der Waals surface area contributed by atoms with Crippen LogP contribution >= 0.6 is 0 Å². The Morgan fingerprint density at radius 2 is 2.44 bits per heavy atom. The van der Waals surface area contributed by atoms with Crippen molar-refractivity contribution in [1.29, 1.82) is 0 Å². The summed E-state index contributed by atoms with van der Waals surface area (Å²) in [6.07, 6.45) is 2.33. The Morgan fingerprint density at radius 1 is 1.62 bits per heavy atom. The van der Waals surface area contributed by atoms with Gasteiger partial charge in [0.05, 0.1) is 11.7 Å². The van der Waals surface area contributed by atoms with Crippen LogP contribution in [0.5, 0.6) is 0 Å². The van der Waals surface area contributed by atoms with E-state index in [4.69, 9.17) is 5.73 Å². The Hall–Kier alpha value is -1.42. The number of aromatic nitrogens is 1. The first-order valence-electron chi connectivity index (χ1n) is 5.63. The van der Waals surface area contributed by atoms with E-state index >= 15 is 0 Å². The maximum Gasteiger partial charge on any atom is 0.223 e. The fourth-order valence-corrected chi connectivity index (χ4v) is 2.12. The normalized spacial score (nSPS) is 22.5. The molecule has 1 aliphatic heterocycles. The highest BCUT2D eigenvalue weighted by Crippen LogP contribution is 2.26. The highest BCUT2D eigenvalue weighted by Gasteiger charge is 2.32. The van der Waals surface area contributed by atoms with E-state index in [9.17, 15) is 4.79 Å². The van der Waals surface area contributed by atoms with Gasteiger partial charge in [-0.2, -0.15) is 0 Å². The number of likely N-dealkylation sites (tertiary alicyclic amines) is 1. The highest BCUT2D eigenvalue weighted by molar-refractivity contribution is 5.79. The van der Waals surface area contributed by atoms with Gasteiger partial charge in [0, 0.05) is 19.2 Å². The average Bonchev–Trinajstić information content (AvgIpc) is 2.71. The molecule has 86 valence electrons. The Labute approximate surface area is 95.5 Å². The molecule has 1 aromatic heterocycles. The smallest absolute Gasteiger partial charge is 0.223 e. The number of rotatable bonds is 3. The molecule has 4 nitrogen and oxygen atoms in total. The molecule has 2 atom stereocenters. The van der Waals surface area contributed by atoms with E-state index in [2.05, 4.69) is 4.98 Å². The van der Waals surface area contributed by atoms with Gasteiger partial charge in [-0.1, -0.05) is 6.07 Å². The lowest BCUT2D eigenvalue weighted by Gasteiger charge is -2.24. The predicted molar refractivity (Wildman–Crippen MR) is 61.5 cm³/mol. The molecule has 0 radical (unpaired) electrons. The molecule has 0 aliphatic carbocycles. The molecular weight excluding hydrogens is 202 g/mol. The SMILES string of the molecule is C[C@@H](c1ccccn1)N1CC(CN)CC1=O. The van der Waals surface area contributed by atoms with Gasteiger partial charge >= 0.3 is 0 Å². The Balaban J connectivity index is 2.11. The summed E-state index contributed by atoms with van der Waals surface area (Å²) in [5, 5.41) is 0. The second-order valence-electron chi connectivity index (χ2n) is 4.28. The first kappa shape index (κ1) is 11.1. The molecular formula is C12H17N3O. The molecule has 2 rings (SSSR count). The van der Waals surface area contributed by atoms with Crippen molar-refractivity contribution in [2.75, 3.05) is 13.1 Å². The summed E-state index contributed by atoms with van der Waals surface area (Å²) in [5.41, 5.74) is 6.54. The third kappa shape index (κ3) is 2.07. The highest BCUT2D eigenvalue weighted by atomic mass is 16.2. The van der Waals surface area contributed by atoms with Crippen LogP contribution in [-0.4, -0.2) is 28.9 Å². The molecule has 2 heterocycles. The third-order valence-electron chi connectivity index (χ3n) is 3.16. The van der Waals surface area contributed by atoms with Crippen molar-refractivity contribution in [2.45, 2.75) is 19.4 Å². The quantitative estimate of drug-likeness (QED) is 0.823. The van der Waals surface area contributed by atoms with Crippen molar-refractivity contribution >= 4 is 5.91 Å². The van der Waals surface area contributed by atoms with Crippen LogP contribution in [0.2, 0.25) is 0 Å². The molecule has 0 saturated carbocycles. The molecule has 4 heteroatoms. The lowest BCUT2D eigenvalue weighted by molar-refractivity contribution is -0.129. The largest absolute Gasteiger partial charge is 0.334 e. The number of nitrogens with two attached hydrogens (primary N) is 1. The molecule has 2 N–H and O–H groups in total. The first-order valence-corrected chi connectivity index (χ1v) is 5.63. The fraction of sp³-hybridized carbons (Fsp3) is 0.500. The summed E-state index contributed by atoms with van der Waals surface area (Å²) in [6.45, 7) is 3.35. The van der Waals surface area contributed by atoms with Gasteiger partial charge in [-0.05, 0) is 31.5 Å². The van der Waals surface area contributed by atoms with Gasteiger partial charge in [-0.15, -0.1) is 0 Å². The summed E-state index contributed by atoms with van der Waals surface area (Å²) >= 11 is 0. The molecule has 1 aromatic rings. The van der Waals surface area contributed by atoms with Crippen molar-refractivity contribution in [2.24, 2.45) is 11.7 Å². The van der Waals surface area contributed by atoms with Gasteiger partial charge in [0.25, 0.3) is 0 Å². The second kappa shape index (κ2) is 4.61. The van der Waals surface area contributed by atoms with Gasteiger partial charge in [0.1, 0.15) is 0 Å². The Kier molecular flexibility index (Phi) is 3.19. The Bertz CT molecular complexity index is 366. The number of pyridine rings is 1. The number of hydrogen-bond donors (Lipinski definition) is 1. The van der Waals surface area contributed by atoms with Crippen LogP contribution in [0.25, 0.3) is 0 Å². The number of hydrogen-bond acceptors (Lipinski definition) is 3. The average molecular weight is 219 g/mol. The summed E-state index contributed by atoms with van der Waals surface area (Å²) < 4.78 is 0. The van der Waals surface area contributed by atoms with E-state index in [0.717, 1.165) is 12.2 Å². The van der Waals surface area contributed by atoms with Gasteiger partial charge < -0.3 is 10.6 Å². The minimum Gasteiger partial charge on any atom is -0.334 e. The standard InChI is InChI=1S/C12H17N3O/c1-9(11-4-2-3-5-14-11)15-8-10(7-13)6-12(15)16/h2-5,9-10H,6-8,13H2,1H3/t9-,10?/m0/s1. The molecule has 0 bridgehead atoms. The van der Waals surface area contributed by atoms with Crippen LogP contribution in [0.3, 0.4) is 0 Å². The van der Waals surface area contributed by atoms with Crippen LogP contribution in [0, 0.1) is 5.92 Å². The first-order chi connectivity index (χ1) is 7.72. The lowest BCUT2D eigenvalue weighted by atomic mass is 10.1. The van der Waals surface area contributed by atoms with E-state index in [-0.39, 0.29) is 11.9 Å². The maximum absolute atomic E-state index is 11.8. The maximum atomic E-state index is 11.8. The summed E-state index contributed by atoms with van der Waals surface area (Å²) in [4.78, 5) is 18.0. The number of carbonyl (C=O) groups excluding carboxylic acids is 1. The molecule has 16 heavy (non-hydrogen) atoms. The van der Waals surface area contributed by atoms with Crippen molar-refractivity contribution in [3.05, 3.63) is 30.1 Å². The van der Waals surface area contributed by atoms with E-state index in [0.29, 0.717) is 18.9 Å². The van der Waals surface area contributed by atoms with Crippen LogP contribution in [0.1, 0.15) is 25.1 Å². The number of nitrogens with zero attached hydrogens (tertiary/aromatic N) is 2. The molecule has 1 fully saturated rings. The lowest BCUT2D eigenvalue weighted by Crippen LogP contribution is -2.29. The zero-order chi connectivity index (χ0) is 11.5. The molecule has 1 unspecified atom stereocenters. The molecule has 1 aliphatic rings. The van der Waals surface area contributed by atoms with E-state index in [1.165, 1.54) is 0 Å². The number of amides is 1. The minimum absolute atomic E-state index is 0.0465. The van der Waals surface area contributed by atoms with E-state index < -0.39 is 0 Å². The Morgan fingerprint density at radius 3 is 3.00 bits per heavy atom. The summed E-state index contributed by atoms with van der Waals surface area (Å²) in [5.74, 6) is 0.493. The minimum atomic E-state index is 0.0465. The summed E-state index contributed by atoms with van der Waals surface area (Å²) in [7, 11) is 0. The van der Waals surface area contributed by atoms with Gasteiger partial charge in [0.15, 0.2) is 0 Å². The van der Waals surface area contributed by atoms with Crippen molar-refractivity contribution in [3.63, 3.8) is 0 Å². The fourth-order valence-electron chi connectivity index (χ4n) is 2.12. The van der Waals surface area contributed by atoms with Crippen LogP contribution in [0.4, 0.5) is 0 Å². The number of carbonyl (C=O) groups is 1. The summed E-state index contributed by atoms with van der Waals surface area (Å²) in [6, 6.07) is 5.82. The van der Waals surface area contributed by atoms with Crippen molar-refractivity contribution in [3.8, 4) is 0 Å². The van der Waals surface area contributed by atoms with Crippen molar-refractivity contribution < 1.29 is 4.79 Å². The predicted octanol–water partition coefficient (Wildman–Crippen LogP) is 0.950.